The Bertz CT molecular complexity index is 2760. The van der Waals surface area contributed by atoms with Crippen LogP contribution in [0.3, 0.4) is 0 Å². The smallest absolute Gasteiger partial charge is 0.164 e. The molecule has 7 aromatic carbocycles. The molecule has 0 spiro atoms. The minimum absolute atomic E-state index is 0.661. The van der Waals surface area contributed by atoms with Crippen molar-refractivity contribution in [1.82, 2.24) is 19.5 Å². The largest absolute Gasteiger partial charge is 0.309 e. The number of fused-ring (bicyclic) bond motifs is 6. The normalized spacial score (nSPS) is 11.6. The highest BCUT2D eigenvalue weighted by atomic mass is 32.1. The molecular formula is C45H28N4S. The zero-order valence-corrected chi connectivity index (χ0v) is 27.7. The van der Waals surface area contributed by atoms with E-state index in [1.165, 1.54) is 58.8 Å². The van der Waals surface area contributed by atoms with E-state index < -0.39 is 0 Å². The van der Waals surface area contributed by atoms with Crippen molar-refractivity contribution < 1.29 is 0 Å². The number of para-hydroxylation sites is 3. The second-order valence-electron chi connectivity index (χ2n) is 12.4. The Morgan fingerprint density at radius 3 is 1.56 bits per heavy atom. The predicted molar refractivity (Wildman–Crippen MR) is 209 cm³/mol. The van der Waals surface area contributed by atoms with Crippen LogP contribution in [0.4, 0.5) is 0 Å². The highest BCUT2D eigenvalue weighted by Gasteiger charge is 2.19. The van der Waals surface area contributed by atoms with E-state index >= 15 is 0 Å². The molecule has 0 aliphatic rings. The molecule has 3 heterocycles. The molecule has 0 aliphatic heterocycles. The zero-order chi connectivity index (χ0) is 33.0. The number of hydrogen-bond acceptors (Lipinski definition) is 4. The molecule has 5 heteroatoms. The maximum Gasteiger partial charge on any atom is 0.164 e. The summed E-state index contributed by atoms with van der Waals surface area (Å²) >= 11 is 1.83. The summed E-state index contributed by atoms with van der Waals surface area (Å²) in [5.74, 6) is 1.98. The number of thiophene rings is 1. The first-order chi connectivity index (χ1) is 24.8. The van der Waals surface area contributed by atoms with Gasteiger partial charge >= 0.3 is 0 Å². The number of hydrogen-bond donors (Lipinski definition) is 0. The van der Waals surface area contributed by atoms with Gasteiger partial charge in [0, 0.05) is 58.8 Å². The summed E-state index contributed by atoms with van der Waals surface area (Å²) in [4.78, 5) is 14.9. The average molecular weight is 657 g/mol. The van der Waals surface area contributed by atoms with Crippen LogP contribution >= 0.6 is 11.3 Å². The van der Waals surface area contributed by atoms with Gasteiger partial charge in [-0.05, 0) is 24.3 Å². The molecule has 0 atom stereocenters. The molecule has 0 amide bonds. The average Bonchev–Trinajstić information content (AvgIpc) is 3.74. The lowest BCUT2D eigenvalue weighted by atomic mass is 10.0. The minimum atomic E-state index is 0.661. The third-order valence-corrected chi connectivity index (χ3v) is 10.7. The second-order valence-corrected chi connectivity index (χ2v) is 13.5. The van der Waals surface area contributed by atoms with Gasteiger partial charge in [0.25, 0.3) is 0 Å². The van der Waals surface area contributed by atoms with Crippen molar-refractivity contribution in [3.8, 4) is 51.0 Å². The van der Waals surface area contributed by atoms with Crippen LogP contribution in [0, 0.1) is 0 Å². The van der Waals surface area contributed by atoms with Crippen molar-refractivity contribution in [3.05, 3.63) is 170 Å². The summed E-state index contributed by atoms with van der Waals surface area (Å²) < 4.78 is 4.88. The zero-order valence-electron chi connectivity index (χ0n) is 26.9. The Morgan fingerprint density at radius 1 is 0.380 bits per heavy atom. The fourth-order valence-electron chi connectivity index (χ4n) is 7.17. The monoisotopic (exact) mass is 656 g/mol. The molecule has 0 N–H and O–H groups in total. The van der Waals surface area contributed by atoms with Crippen molar-refractivity contribution in [1.29, 1.82) is 0 Å². The minimum Gasteiger partial charge on any atom is -0.309 e. The van der Waals surface area contributed by atoms with Crippen LogP contribution in [0.25, 0.3) is 93.0 Å². The second kappa shape index (κ2) is 11.6. The molecule has 50 heavy (non-hydrogen) atoms. The Morgan fingerprint density at radius 2 is 0.900 bits per heavy atom. The number of nitrogens with zero attached hydrogens (tertiary/aromatic N) is 4. The highest BCUT2D eigenvalue weighted by Crippen LogP contribution is 2.44. The Kier molecular flexibility index (Phi) is 6.64. The molecule has 4 nitrogen and oxygen atoms in total. The van der Waals surface area contributed by atoms with Crippen LogP contribution < -0.4 is 0 Å². The van der Waals surface area contributed by atoms with Gasteiger partial charge in [-0.1, -0.05) is 146 Å². The van der Waals surface area contributed by atoms with Gasteiger partial charge in [0.05, 0.1) is 16.7 Å². The van der Waals surface area contributed by atoms with Gasteiger partial charge in [-0.3, -0.25) is 0 Å². The fraction of sp³-hybridized carbons (Fsp3) is 0. The molecule has 0 bridgehead atoms. The Labute approximate surface area is 292 Å². The standard InChI is InChI=1S/C45H28N4S/c1-3-14-29(15-4-1)43-46-44(30-16-5-2-6-17-30)48-45(47-43)31-26-27-35-37-22-13-21-36(42(37)50-41(35)28-31)34-20-9-12-25-40(34)49-38-23-10-7-18-32(38)33-19-8-11-24-39(33)49/h1-28H. The lowest BCUT2D eigenvalue weighted by Gasteiger charge is -2.14. The molecule has 234 valence electrons. The fourth-order valence-corrected chi connectivity index (χ4v) is 8.44. The van der Waals surface area contributed by atoms with Gasteiger partial charge < -0.3 is 4.57 Å². The Hall–Kier alpha value is -6.43. The number of benzene rings is 7. The first kappa shape index (κ1) is 28.6. The summed E-state index contributed by atoms with van der Waals surface area (Å²) in [6.07, 6.45) is 0. The van der Waals surface area contributed by atoms with Crippen molar-refractivity contribution in [2.24, 2.45) is 0 Å². The molecule has 0 aliphatic carbocycles. The molecule has 3 aromatic heterocycles. The molecule has 0 fully saturated rings. The van der Waals surface area contributed by atoms with Crippen LogP contribution in [-0.2, 0) is 0 Å². The van der Waals surface area contributed by atoms with E-state index in [-0.39, 0.29) is 0 Å². The Balaban J connectivity index is 1.15. The van der Waals surface area contributed by atoms with Crippen molar-refractivity contribution in [3.63, 3.8) is 0 Å². The third-order valence-electron chi connectivity index (χ3n) is 9.47. The summed E-state index contributed by atoms with van der Waals surface area (Å²) in [7, 11) is 0. The molecule has 0 unspecified atom stereocenters. The van der Waals surface area contributed by atoms with E-state index in [0.717, 1.165) is 16.7 Å². The predicted octanol–water partition coefficient (Wildman–Crippen LogP) is 12.0. The quantitative estimate of drug-likeness (QED) is 0.185. The third kappa shape index (κ3) is 4.63. The van der Waals surface area contributed by atoms with Crippen LogP contribution in [0.2, 0.25) is 0 Å². The molecule has 10 rings (SSSR count). The van der Waals surface area contributed by atoms with E-state index in [0.29, 0.717) is 17.5 Å². The topological polar surface area (TPSA) is 43.6 Å². The van der Waals surface area contributed by atoms with E-state index in [1.807, 2.05) is 72.0 Å². The van der Waals surface area contributed by atoms with Gasteiger partial charge in [0.15, 0.2) is 17.5 Å². The number of aromatic nitrogens is 4. The summed E-state index contributed by atoms with van der Waals surface area (Å²) in [5.41, 5.74) is 8.89. The van der Waals surface area contributed by atoms with Gasteiger partial charge in [-0.2, -0.15) is 0 Å². The van der Waals surface area contributed by atoms with Crippen molar-refractivity contribution in [2.45, 2.75) is 0 Å². The summed E-state index contributed by atoms with van der Waals surface area (Å²) in [5, 5.41) is 4.99. The summed E-state index contributed by atoms with van der Waals surface area (Å²) in [6.45, 7) is 0. The molecule has 0 saturated heterocycles. The SMILES string of the molecule is c1ccc(-c2nc(-c3ccccc3)nc(-c3ccc4c(c3)sc3c(-c5ccccc5-n5c6ccccc6c6ccccc65)cccc34)n2)cc1. The van der Waals surface area contributed by atoms with E-state index in [2.05, 4.69) is 114 Å². The first-order valence-electron chi connectivity index (χ1n) is 16.7. The van der Waals surface area contributed by atoms with E-state index in [1.54, 1.807) is 0 Å². The lowest BCUT2D eigenvalue weighted by molar-refractivity contribution is 1.07. The van der Waals surface area contributed by atoms with Gasteiger partial charge in [0.2, 0.25) is 0 Å². The van der Waals surface area contributed by atoms with Crippen LogP contribution in [0.1, 0.15) is 0 Å². The van der Waals surface area contributed by atoms with Crippen molar-refractivity contribution >= 4 is 53.3 Å². The van der Waals surface area contributed by atoms with Crippen LogP contribution in [-0.4, -0.2) is 19.5 Å². The molecular weight excluding hydrogens is 629 g/mol. The molecule has 0 radical (unpaired) electrons. The van der Waals surface area contributed by atoms with E-state index in [4.69, 9.17) is 15.0 Å². The van der Waals surface area contributed by atoms with Gasteiger partial charge in [0.1, 0.15) is 0 Å². The van der Waals surface area contributed by atoms with E-state index in [9.17, 15) is 0 Å². The van der Waals surface area contributed by atoms with Crippen molar-refractivity contribution in [2.75, 3.05) is 0 Å². The van der Waals surface area contributed by atoms with Crippen LogP contribution in [0.5, 0.6) is 0 Å². The molecule has 10 aromatic rings. The maximum absolute atomic E-state index is 4.99. The number of rotatable bonds is 5. The maximum atomic E-state index is 4.99. The van der Waals surface area contributed by atoms with Gasteiger partial charge in [-0.25, -0.2) is 15.0 Å². The summed E-state index contributed by atoms with van der Waals surface area (Å²) in [6, 6.07) is 59.7. The van der Waals surface area contributed by atoms with Gasteiger partial charge in [-0.15, -0.1) is 11.3 Å². The lowest BCUT2D eigenvalue weighted by Crippen LogP contribution is -1.99. The molecule has 0 saturated carbocycles. The first-order valence-corrected chi connectivity index (χ1v) is 17.5. The highest BCUT2D eigenvalue weighted by molar-refractivity contribution is 7.26. The van der Waals surface area contributed by atoms with Crippen LogP contribution in [0.15, 0.2) is 170 Å².